The molecule has 0 spiro atoms. The highest BCUT2D eigenvalue weighted by Crippen LogP contribution is 2.38. The Morgan fingerprint density at radius 2 is 1.88 bits per heavy atom. The van der Waals surface area contributed by atoms with Crippen LogP contribution in [0.3, 0.4) is 0 Å². The van der Waals surface area contributed by atoms with Crippen LogP contribution < -0.4 is 21.0 Å². The third-order valence-electron chi connectivity index (χ3n) is 6.83. The Balaban J connectivity index is 1.58. The number of nitrogens with one attached hydrogen (secondary N) is 2. The second-order valence-electron chi connectivity index (χ2n) is 9.54. The number of urea groups is 1. The Labute approximate surface area is 243 Å². The van der Waals surface area contributed by atoms with Crippen LogP contribution in [0.15, 0.2) is 30.3 Å². The van der Waals surface area contributed by atoms with Gasteiger partial charge in [0.2, 0.25) is 5.91 Å². The number of para-hydroxylation sites is 1. The largest absolute Gasteiger partial charge is 0.547 e. The highest BCUT2D eigenvalue weighted by molar-refractivity contribution is 6.47. The number of hydrogen-bond acceptors (Lipinski definition) is 10. The first-order valence-corrected chi connectivity index (χ1v) is 13.1. The molecule has 0 saturated carbocycles. The number of benzene rings is 2. The maximum absolute atomic E-state index is 13.5. The molecule has 2 aromatic rings. The van der Waals surface area contributed by atoms with Gasteiger partial charge in [-0.25, -0.2) is 9.59 Å². The number of fused-ring (bicyclic) bond motifs is 1. The molecular formula is C25H27BClN5O10. The minimum atomic E-state index is -1.70. The lowest BCUT2D eigenvalue weighted by Crippen LogP contribution is -2.60. The van der Waals surface area contributed by atoms with Gasteiger partial charge in [-0.3, -0.25) is 19.3 Å². The fourth-order valence-electron chi connectivity index (χ4n) is 4.62. The quantitative estimate of drug-likeness (QED) is 0.114. The van der Waals surface area contributed by atoms with Crippen molar-refractivity contribution in [2.75, 3.05) is 26.2 Å². The van der Waals surface area contributed by atoms with E-state index in [0.717, 1.165) is 12.1 Å². The summed E-state index contributed by atoms with van der Waals surface area (Å²) < 4.78 is 5.39. The zero-order valence-corrected chi connectivity index (χ0v) is 22.7. The lowest BCUT2D eigenvalue weighted by Gasteiger charge is -2.34. The molecule has 2 atom stereocenters. The summed E-state index contributed by atoms with van der Waals surface area (Å²) in [5.41, 5.74) is 5.47. The van der Waals surface area contributed by atoms with E-state index in [1.807, 2.05) is 0 Å². The SMILES string of the molecule is NCCCN1CCN(C(=O)N[C@@H](C(=O)N[C@H]2Cc3cccc(C(=O)O)c3OB2O)c2ccc(O)c(O)c2Cl)C(=O)C1=O. The second kappa shape index (κ2) is 12.5. The van der Waals surface area contributed by atoms with Gasteiger partial charge < -0.3 is 46.3 Å². The van der Waals surface area contributed by atoms with Crippen LogP contribution in [0.1, 0.15) is 33.9 Å². The number of carbonyl (C=O) groups excluding carboxylic acids is 4. The molecule has 0 radical (unpaired) electrons. The average molecular weight is 604 g/mol. The number of aromatic carboxylic acids is 1. The molecule has 2 aliphatic rings. The van der Waals surface area contributed by atoms with Gasteiger partial charge in [-0.15, -0.1) is 0 Å². The van der Waals surface area contributed by atoms with Crippen LogP contribution >= 0.6 is 11.6 Å². The number of carbonyl (C=O) groups is 5. The predicted octanol–water partition coefficient (Wildman–Crippen LogP) is -0.641. The summed E-state index contributed by atoms with van der Waals surface area (Å²) in [5, 5.41) is 44.3. The highest BCUT2D eigenvalue weighted by Gasteiger charge is 2.41. The number of amides is 5. The number of hydrogen-bond donors (Lipinski definition) is 7. The van der Waals surface area contributed by atoms with Crippen molar-refractivity contribution in [1.29, 1.82) is 0 Å². The molecule has 0 aromatic heterocycles. The lowest BCUT2D eigenvalue weighted by molar-refractivity contribution is -0.153. The third kappa shape index (κ3) is 6.05. The first kappa shape index (κ1) is 30.4. The van der Waals surface area contributed by atoms with Crippen molar-refractivity contribution in [2.45, 2.75) is 24.8 Å². The standard InChI is InChI=1S/C25H27BClN5O10/c27-17-13(5-6-15(33)19(17)34)18(30-25(40)32-10-9-31(8-2-7-28)22(36)23(32)37)21(35)29-16-11-12-3-1-4-14(24(38)39)20(12)42-26(16)41/h1,3-6,16,18,33-34,41H,2,7-11,28H2,(H,29,35)(H,30,40)(H,38,39)/t16-,18+/m0/s1. The van der Waals surface area contributed by atoms with E-state index in [-0.39, 0.29) is 42.9 Å². The molecule has 42 heavy (non-hydrogen) atoms. The molecule has 1 saturated heterocycles. The smallest absolute Gasteiger partial charge is 0.534 e. The van der Waals surface area contributed by atoms with E-state index < -0.39 is 65.3 Å². The van der Waals surface area contributed by atoms with Crippen LogP contribution in [-0.2, 0) is 20.8 Å². The minimum Gasteiger partial charge on any atom is -0.534 e. The van der Waals surface area contributed by atoms with Crippen molar-refractivity contribution in [1.82, 2.24) is 20.4 Å². The Morgan fingerprint density at radius 3 is 2.57 bits per heavy atom. The Kier molecular flexibility index (Phi) is 9.09. The first-order chi connectivity index (χ1) is 19.9. The van der Waals surface area contributed by atoms with Crippen LogP contribution in [0, 0.1) is 0 Å². The monoisotopic (exact) mass is 603 g/mol. The van der Waals surface area contributed by atoms with Gasteiger partial charge in [0.1, 0.15) is 11.8 Å². The number of rotatable bonds is 8. The highest BCUT2D eigenvalue weighted by atomic mass is 35.5. The number of carboxylic acid groups (broad SMARTS) is 1. The summed E-state index contributed by atoms with van der Waals surface area (Å²) in [7, 11) is -1.69. The molecule has 222 valence electrons. The van der Waals surface area contributed by atoms with E-state index in [1.165, 1.54) is 17.0 Å². The van der Waals surface area contributed by atoms with Gasteiger partial charge in [-0.05, 0) is 37.1 Å². The summed E-state index contributed by atoms with van der Waals surface area (Å²) in [5.74, 6) is -6.88. The van der Waals surface area contributed by atoms with Crippen molar-refractivity contribution in [3.63, 3.8) is 0 Å². The van der Waals surface area contributed by atoms with E-state index in [0.29, 0.717) is 23.4 Å². The molecule has 15 nitrogen and oxygen atoms in total. The van der Waals surface area contributed by atoms with E-state index in [2.05, 4.69) is 10.6 Å². The van der Waals surface area contributed by atoms with Gasteiger partial charge >= 0.3 is 30.9 Å². The lowest BCUT2D eigenvalue weighted by atomic mass is 9.72. The van der Waals surface area contributed by atoms with Crippen LogP contribution in [0.5, 0.6) is 17.2 Å². The van der Waals surface area contributed by atoms with Crippen molar-refractivity contribution in [3.05, 3.63) is 52.0 Å². The number of halogens is 1. The Morgan fingerprint density at radius 1 is 1.14 bits per heavy atom. The van der Waals surface area contributed by atoms with E-state index >= 15 is 0 Å². The fraction of sp³-hybridized carbons (Fsp3) is 0.320. The summed E-state index contributed by atoms with van der Waals surface area (Å²) in [6.07, 6.45) is 0.394. The molecule has 2 aliphatic heterocycles. The van der Waals surface area contributed by atoms with Gasteiger partial charge in [-0.2, -0.15) is 0 Å². The minimum absolute atomic E-state index is 0.0406. The fourth-order valence-corrected chi connectivity index (χ4v) is 4.89. The first-order valence-electron chi connectivity index (χ1n) is 12.8. The number of aromatic hydroxyl groups is 2. The topological polar surface area (TPSA) is 232 Å². The molecule has 8 N–H and O–H groups in total. The van der Waals surface area contributed by atoms with Crippen LogP contribution in [0.2, 0.25) is 5.02 Å². The summed E-state index contributed by atoms with van der Waals surface area (Å²) >= 11 is 6.19. The molecule has 0 unspecified atom stereocenters. The maximum Gasteiger partial charge on any atom is 0.547 e. The number of phenolic OH excluding ortho intramolecular Hbond substituents is 2. The third-order valence-corrected chi connectivity index (χ3v) is 7.23. The van der Waals surface area contributed by atoms with E-state index in [1.54, 1.807) is 6.07 Å². The zero-order valence-electron chi connectivity index (χ0n) is 21.9. The summed E-state index contributed by atoms with van der Waals surface area (Å²) in [4.78, 5) is 65.4. The van der Waals surface area contributed by atoms with E-state index in [9.17, 15) is 44.3 Å². The number of piperazine rings is 1. The van der Waals surface area contributed by atoms with Gasteiger partial charge in [-0.1, -0.05) is 29.8 Å². The zero-order chi connectivity index (χ0) is 30.7. The number of nitrogens with zero attached hydrogens (tertiary/aromatic N) is 2. The summed E-state index contributed by atoms with van der Waals surface area (Å²) in [6.45, 7) is 0.389. The average Bonchev–Trinajstić information content (AvgIpc) is 2.95. The van der Waals surface area contributed by atoms with Crippen molar-refractivity contribution >= 4 is 48.4 Å². The molecule has 1 fully saturated rings. The molecule has 17 heteroatoms. The summed E-state index contributed by atoms with van der Waals surface area (Å²) in [6, 6.07) is 3.68. The van der Waals surface area contributed by atoms with E-state index in [4.69, 9.17) is 22.0 Å². The second-order valence-corrected chi connectivity index (χ2v) is 9.91. The van der Waals surface area contributed by atoms with Crippen LogP contribution in [0.4, 0.5) is 4.79 Å². The molecule has 2 heterocycles. The Bertz CT molecular complexity index is 1440. The van der Waals surface area contributed by atoms with Gasteiger partial charge in [0.05, 0.1) is 16.5 Å². The van der Waals surface area contributed by atoms with Crippen molar-refractivity contribution in [2.24, 2.45) is 5.73 Å². The molecule has 2 aromatic carbocycles. The number of carboxylic acids is 1. The molecule has 4 rings (SSSR count). The Hall–Kier alpha value is -4.54. The van der Waals surface area contributed by atoms with Gasteiger partial charge in [0, 0.05) is 25.2 Å². The predicted molar refractivity (Wildman–Crippen MR) is 146 cm³/mol. The normalized spacial score (nSPS) is 17.3. The van der Waals surface area contributed by atoms with Gasteiger partial charge in [0.25, 0.3) is 0 Å². The van der Waals surface area contributed by atoms with Crippen molar-refractivity contribution < 1.29 is 49.0 Å². The number of phenols is 2. The molecular weight excluding hydrogens is 577 g/mol. The maximum atomic E-state index is 13.5. The number of imide groups is 1. The molecule has 0 bridgehead atoms. The molecule has 0 aliphatic carbocycles. The van der Waals surface area contributed by atoms with Gasteiger partial charge in [0.15, 0.2) is 11.5 Å². The van der Waals surface area contributed by atoms with Crippen LogP contribution in [-0.4, -0.2) is 99.1 Å². The van der Waals surface area contributed by atoms with Crippen molar-refractivity contribution in [3.8, 4) is 17.2 Å². The molecule has 5 amide bonds. The van der Waals surface area contributed by atoms with Crippen LogP contribution in [0.25, 0.3) is 0 Å². The number of nitrogens with two attached hydrogens (primary N) is 1.